The summed E-state index contributed by atoms with van der Waals surface area (Å²) < 4.78 is 46.5. The molecule has 0 bridgehead atoms. The summed E-state index contributed by atoms with van der Waals surface area (Å²) in [7, 11) is 0. The molecule has 29 heavy (non-hydrogen) atoms. The Morgan fingerprint density at radius 1 is 1.28 bits per heavy atom. The van der Waals surface area contributed by atoms with Crippen molar-refractivity contribution in [2.45, 2.75) is 25.2 Å². The van der Waals surface area contributed by atoms with Crippen LogP contribution in [0.4, 0.5) is 18.9 Å². The summed E-state index contributed by atoms with van der Waals surface area (Å²) in [5.41, 5.74) is -0.306. The number of hydrogen-bond donors (Lipinski definition) is 1. The number of morpholine rings is 1. The number of alkyl halides is 3. The van der Waals surface area contributed by atoms with Gasteiger partial charge in [-0.15, -0.1) is 0 Å². The highest BCUT2D eigenvalue weighted by atomic mass is 79.9. The fourth-order valence-corrected chi connectivity index (χ4v) is 3.60. The fraction of sp³-hybridized carbons (Fsp3) is 0.350. The predicted octanol–water partition coefficient (Wildman–Crippen LogP) is 5.52. The maximum Gasteiger partial charge on any atom is 0.418 e. The first kappa shape index (κ1) is 22.1. The second-order valence-corrected chi connectivity index (χ2v) is 8.11. The quantitative estimate of drug-likeness (QED) is 0.612. The number of nitrogens with one attached hydrogen (secondary N) is 1. The minimum atomic E-state index is -4.62. The maximum absolute atomic E-state index is 13.3. The highest BCUT2D eigenvalue weighted by Crippen LogP contribution is 2.36. The smallest absolute Gasteiger partial charge is 0.371 e. The van der Waals surface area contributed by atoms with Crippen LogP contribution >= 0.6 is 27.5 Å². The summed E-state index contributed by atoms with van der Waals surface area (Å²) in [5, 5.41) is 2.35. The van der Waals surface area contributed by atoms with E-state index in [0.717, 1.165) is 16.1 Å². The standard InChI is InChI=1S/C20H19BrClF3N2O2/c1-12(19(28)26-17-7-6-15(22)10-16(17)20(23,24)25)27-8-9-29-18(11-27)13-2-4-14(21)5-3-13/h2-7,10,12,18H,8-9,11H2,1H3,(H,26,28). The van der Waals surface area contributed by atoms with Gasteiger partial charge in [0, 0.05) is 22.6 Å². The molecule has 4 nitrogen and oxygen atoms in total. The Balaban J connectivity index is 1.71. The Hall–Kier alpha value is -1.61. The molecule has 1 fully saturated rings. The molecule has 0 aliphatic carbocycles. The summed E-state index contributed by atoms with van der Waals surface area (Å²) in [6, 6.07) is 10.3. The van der Waals surface area contributed by atoms with Gasteiger partial charge < -0.3 is 10.1 Å². The van der Waals surface area contributed by atoms with Crippen molar-refractivity contribution in [1.29, 1.82) is 0 Å². The van der Waals surface area contributed by atoms with Crippen LogP contribution in [0, 0.1) is 0 Å². The molecule has 1 aliphatic heterocycles. The second kappa shape index (κ2) is 9.04. The van der Waals surface area contributed by atoms with Gasteiger partial charge in [-0.1, -0.05) is 39.7 Å². The first-order valence-corrected chi connectivity index (χ1v) is 10.1. The van der Waals surface area contributed by atoms with E-state index >= 15 is 0 Å². The van der Waals surface area contributed by atoms with E-state index in [9.17, 15) is 18.0 Å². The van der Waals surface area contributed by atoms with Crippen LogP contribution in [0.25, 0.3) is 0 Å². The van der Waals surface area contributed by atoms with Crippen molar-refractivity contribution in [1.82, 2.24) is 4.90 Å². The largest absolute Gasteiger partial charge is 0.418 e. The number of benzene rings is 2. The van der Waals surface area contributed by atoms with Crippen LogP contribution in [0.1, 0.15) is 24.2 Å². The molecule has 1 heterocycles. The Morgan fingerprint density at radius 2 is 1.97 bits per heavy atom. The van der Waals surface area contributed by atoms with Gasteiger partial charge in [0.15, 0.2) is 0 Å². The average molecular weight is 492 g/mol. The molecule has 9 heteroatoms. The zero-order valence-electron chi connectivity index (χ0n) is 15.5. The van der Waals surface area contributed by atoms with Crippen molar-refractivity contribution in [2.75, 3.05) is 25.0 Å². The predicted molar refractivity (Wildman–Crippen MR) is 109 cm³/mol. The fourth-order valence-electron chi connectivity index (χ4n) is 3.16. The second-order valence-electron chi connectivity index (χ2n) is 6.76. The van der Waals surface area contributed by atoms with Crippen LogP contribution in [0.15, 0.2) is 46.9 Å². The summed E-state index contributed by atoms with van der Waals surface area (Å²) >= 11 is 9.08. The van der Waals surface area contributed by atoms with Crippen molar-refractivity contribution in [3.05, 3.63) is 63.1 Å². The number of nitrogens with zero attached hydrogens (tertiary/aromatic N) is 1. The molecule has 2 aromatic carbocycles. The van der Waals surface area contributed by atoms with E-state index in [1.807, 2.05) is 29.2 Å². The highest BCUT2D eigenvalue weighted by molar-refractivity contribution is 9.10. The Bertz CT molecular complexity index is 877. The van der Waals surface area contributed by atoms with Crippen molar-refractivity contribution in [2.24, 2.45) is 0 Å². The van der Waals surface area contributed by atoms with E-state index in [0.29, 0.717) is 19.7 Å². The molecule has 0 saturated carbocycles. The van der Waals surface area contributed by atoms with Gasteiger partial charge in [-0.2, -0.15) is 13.2 Å². The van der Waals surface area contributed by atoms with Crippen LogP contribution < -0.4 is 5.32 Å². The van der Waals surface area contributed by atoms with Crippen LogP contribution in [0.3, 0.4) is 0 Å². The summed E-state index contributed by atoms with van der Waals surface area (Å²) in [6.07, 6.45) is -4.84. The lowest BCUT2D eigenvalue weighted by Gasteiger charge is -2.36. The number of amides is 1. The van der Waals surface area contributed by atoms with E-state index < -0.39 is 23.7 Å². The first-order valence-electron chi connectivity index (χ1n) is 8.94. The van der Waals surface area contributed by atoms with Crippen LogP contribution in [0.2, 0.25) is 5.02 Å². The number of rotatable bonds is 4. The van der Waals surface area contributed by atoms with Gasteiger partial charge in [-0.3, -0.25) is 9.69 Å². The molecule has 1 amide bonds. The van der Waals surface area contributed by atoms with E-state index in [1.54, 1.807) is 6.92 Å². The zero-order valence-corrected chi connectivity index (χ0v) is 17.8. The van der Waals surface area contributed by atoms with E-state index in [4.69, 9.17) is 16.3 Å². The van der Waals surface area contributed by atoms with E-state index in [1.165, 1.54) is 12.1 Å². The molecule has 0 radical (unpaired) electrons. The minimum absolute atomic E-state index is 0.0473. The number of halogens is 5. The van der Waals surface area contributed by atoms with E-state index in [2.05, 4.69) is 21.2 Å². The van der Waals surface area contributed by atoms with Crippen LogP contribution in [-0.2, 0) is 15.7 Å². The van der Waals surface area contributed by atoms with Crippen LogP contribution in [-0.4, -0.2) is 36.5 Å². The third-order valence-corrected chi connectivity index (χ3v) is 5.58. The average Bonchev–Trinajstić information content (AvgIpc) is 2.68. The molecule has 0 aromatic heterocycles. The summed E-state index contributed by atoms with van der Waals surface area (Å²) in [5.74, 6) is -0.519. The lowest BCUT2D eigenvalue weighted by molar-refractivity contribution is -0.137. The molecule has 2 atom stereocenters. The van der Waals surface area contributed by atoms with Gasteiger partial charge in [0.05, 0.1) is 30.0 Å². The van der Waals surface area contributed by atoms with Gasteiger partial charge >= 0.3 is 6.18 Å². The van der Waals surface area contributed by atoms with Gasteiger partial charge in [0.25, 0.3) is 0 Å². The van der Waals surface area contributed by atoms with Gasteiger partial charge in [-0.25, -0.2) is 0 Å². The molecule has 0 spiro atoms. The van der Waals surface area contributed by atoms with Crippen molar-refractivity contribution >= 4 is 39.1 Å². The molecule has 2 unspecified atom stereocenters. The summed E-state index contributed by atoms with van der Waals surface area (Å²) in [4.78, 5) is 14.6. The molecular formula is C20H19BrClF3N2O2. The molecule has 1 aliphatic rings. The van der Waals surface area contributed by atoms with Crippen molar-refractivity contribution in [3.63, 3.8) is 0 Å². The molecule has 156 valence electrons. The number of hydrogen-bond acceptors (Lipinski definition) is 3. The zero-order chi connectivity index (χ0) is 21.2. The minimum Gasteiger partial charge on any atom is -0.371 e. The molecule has 1 saturated heterocycles. The Kier molecular flexibility index (Phi) is 6.88. The first-order chi connectivity index (χ1) is 13.6. The lowest BCUT2D eigenvalue weighted by atomic mass is 10.1. The monoisotopic (exact) mass is 490 g/mol. The van der Waals surface area contributed by atoms with Gasteiger partial charge in [0.2, 0.25) is 5.91 Å². The molecule has 1 N–H and O–H groups in total. The van der Waals surface area contributed by atoms with Crippen LogP contribution in [0.5, 0.6) is 0 Å². The Morgan fingerprint density at radius 3 is 2.62 bits per heavy atom. The Labute approximate surface area is 180 Å². The normalized spacial score (nSPS) is 19.0. The topological polar surface area (TPSA) is 41.6 Å². The number of carbonyl (C=O) groups excluding carboxylic acids is 1. The third-order valence-electron chi connectivity index (χ3n) is 4.81. The van der Waals surface area contributed by atoms with Gasteiger partial charge in [0.1, 0.15) is 0 Å². The van der Waals surface area contributed by atoms with Crippen molar-refractivity contribution in [3.8, 4) is 0 Å². The number of carbonyl (C=O) groups is 1. The lowest BCUT2D eigenvalue weighted by Crippen LogP contribution is -2.48. The van der Waals surface area contributed by atoms with Gasteiger partial charge in [-0.05, 0) is 42.8 Å². The summed E-state index contributed by atoms with van der Waals surface area (Å²) in [6.45, 7) is 3.06. The highest BCUT2D eigenvalue weighted by Gasteiger charge is 2.35. The maximum atomic E-state index is 13.3. The number of ether oxygens (including phenoxy) is 1. The van der Waals surface area contributed by atoms with Crippen molar-refractivity contribution < 1.29 is 22.7 Å². The molecule has 2 aromatic rings. The number of anilines is 1. The van der Waals surface area contributed by atoms with E-state index in [-0.39, 0.29) is 16.8 Å². The molecular weight excluding hydrogens is 473 g/mol. The SMILES string of the molecule is CC(C(=O)Nc1ccc(Cl)cc1C(F)(F)F)N1CCOC(c2ccc(Br)cc2)C1. The molecule has 3 rings (SSSR count). The third kappa shape index (κ3) is 5.51.